The van der Waals surface area contributed by atoms with Crippen LogP contribution in [0.2, 0.25) is 0 Å². The molecule has 0 atom stereocenters. The third kappa shape index (κ3) is 3.99. The summed E-state index contributed by atoms with van der Waals surface area (Å²) in [5.74, 6) is 0.730. The van der Waals surface area contributed by atoms with E-state index in [2.05, 4.69) is 17.4 Å². The van der Waals surface area contributed by atoms with Gasteiger partial charge in [-0.25, -0.2) is 4.79 Å². The van der Waals surface area contributed by atoms with Gasteiger partial charge in [-0.2, -0.15) is 0 Å². The van der Waals surface area contributed by atoms with Crippen LogP contribution in [0.4, 0.5) is 10.5 Å². The van der Waals surface area contributed by atoms with Crippen molar-refractivity contribution < 1.29 is 9.59 Å². The molecule has 2 aliphatic rings. The first-order valence-electron chi connectivity index (χ1n) is 10.1. The smallest absolute Gasteiger partial charge is 0.321 e. The highest BCUT2D eigenvalue weighted by molar-refractivity contribution is 8.01. The molecule has 6 heteroatoms. The molecule has 0 aliphatic carbocycles. The Hall–Kier alpha value is -2.47. The number of amides is 3. The Morgan fingerprint density at radius 3 is 2.34 bits per heavy atom. The lowest BCUT2D eigenvalue weighted by Gasteiger charge is -2.44. The molecule has 0 unspecified atom stereocenters. The van der Waals surface area contributed by atoms with Crippen LogP contribution in [0.1, 0.15) is 29.5 Å². The molecule has 0 aromatic heterocycles. The number of piperidine rings is 1. The van der Waals surface area contributed by atoms with Gasteiger partial charge < -0.3 is 15.1 Å². The fourth-order valence-electron chi connectivity index (χ4n) is 4.25. The van der Waals surface area contributed by atoms with E-state index in [1.165, 1.54) is 0 Å². The highest BCUT2D eigenvalue weighted by Crippen LogP contribution is 2.45. The van der Waals surface area contributed by atoms with E-state index in [1.807, 2.05) is 60.0 Å². The summed E-state index contributed by atoms with van der Waals surface area (Å²) in [5.41, 5.74) is 4.18. The fraction of sp³-hybridized carbons (Fsp3) is 0.391. The first-order chi connectivity index (χ1) is 14.0. The maximum atomic E-state index is 12.8. The van der Waals surface area contributed by atoms with Crippen LogP contribution in [0.5, 0.6) is 0 Å². The SMILES string of the molecule is Cc1cccc(C)c1NC(=O)N1CCC2(CC1)SCC(=O)N2Cc1ccccc1. The van der Waals surface area contributed by atoms with Crippen molar-refractivity contribution in [2.45, 2.75) is 38.1 Å². The van der Waals surface area contributed by atoms with Gasteiger partial charge >= 0.3 is 6.03 Å². The van der Waals surface area contributed by atoms with E-state index in [1.54, 1.807) is 11.8 Å². The molecule has 0 saturated carbocycles. The normalized spacial score (nSPS) is 18.3. The van der Waals surface area contributed by atoms with Crippen LogP contribution < -0.4 is 5.32 Å². The lowest BCUT2D eigenvalue weighted by molar-refractivity contribution is -0.131. The number of urea groups is 1. The van der Waals surface area contributed by atoms with Crippen LogP contribution in [0, 0.1) is 13.8 Å². The van der Waals surface area contributed by atoms with Crippen LogP contribution in [-0.4, -0.2) is 45.5 Å². The van der Waals surface area contributed by atoms with Gasteiger partial charge in [0.2, 0.25) is 5.91 Å². The Morgan fingerprint density at radius 1 is 1.03 bits per heavy atom. The van der Waals surface area contributed by atoms with Gasteiger partial charge in [0.15, 0.2) is 0 Å². The van der Waals surface area contributed by atoms with E-state index >= 15 is 0 Å². The number of para-hydroxylation sites is 1. The molecule has 2 heterocycles. The minimum atomic E-state index is -0.192. The van der Waals surface area contributed by atoms with E-state index < -0.39 is 0 Å². The predicted octanol–water partition coefficient (Wildman–Crippen LogP) is 4.40. The van der Waals surface area contributed by atoms with Gasteiger partial charge in [-0.1, -0.05) is 48.5 Å². The summed E-state index contributed by atoms with van der Waals surface area (Å²) in [6.45, 7) is 5.97. The molecule has 2 aromatic rings. The van der Waals surface area contributed by atoms with Crippen molar-refractivity contribution in [1.29, 1.82) is 0 Å². The zero-order valence-corrected chi connectivity index (χ0v) is 17.8. The number of benzene rings is 2. The average molecular weight is 410 g/mol. The Labute approximate surface area is 176 Å². The Morgan fingerprint density at radius 2 is 1.69 bits per heavy atom. The number of thioether (sulfide) groups is 1. The van der Waals surface area contributed by atoms with Crippen LogP contribution in [-0.2, 0) is 11.3 Å². The quantitative estimate of drug-likeness (QED) is 0.817. The van der Waals surface area contributed by atoms with Gasteiger partial charge in [-0.05, 0) is 43.4 Å². The van der Waals surface area contributed by atoms with Crippen LogP contribution in [0.25, 0.3) is 0 Å². The van der Waals surface area contributed by atoms with E-state index in [4.69, 9.17) is 0 Å². The number of nitrogens with zero attached hydrogens (tertiary/aromatic N) is 2. The molecule has 1 spiro atoms. The number of carbonyl (C=O) groups is 2. The first-order valence-corrected chi connectivity index (χ1v) is 11.1. The van der Waals surface area contributed by atoms with E-state index in [0.29, 0.717) is 25.4 Å². The molecule has 0 radical (unpaired) electrons. The van der Waals surface area contributed by atoms with Crippen molar-refractivity contribution in [1.82, 2.24) is 9.80 Å². The lowest BCUT2D eigenvalue weighted by atomic mass is 10.0. The van der Waals surface area contributed by atoms with Crippen LogP contribution in [0.15, 0.2) is 48.5 Å². The summed E-state index contributed by atoms with van der Waals surface area (Å²) < 4.78 is 0. The highest BCUT2D eigenvalue weighted by atomic mass is 32.2. The molecule has 2 fully saturated rings. The highest BCUT2D eigenvalue weighted by Gasteiger charge is 2.48. The summed E-state index contributed by atoms with van der Waals surface area (Å²) in [6, 6.07) is 16.1. The first kappa shape index (κ1) is 19.8. The number of hydrogen-bond acceptors (Lipinski definition) is 3. The number of nitrogens with one attached hydrogen (secondary N) is 1. The molecule has 2 aliphatic heterocycles. The molecule has 152 valence electrons. The van der Waals surface area contributed by atoms with Gasteiger partial charge in [0.25, 0.3) is 0 Å². The summed E-state index contributed by atoms with van der Waals surface area (Å²) >= 11 is 1.74. The molecule has 2 saturated heterocycles. The Bertz CT molecular complexity index is 887. The second-order valence-electron chi connectivity index (χ2n) is 7.88. The number of carbonyl (C=O) groups excluding carboxylic acids is 2. The standard InChI is InChI=1S/C23H27N3O2S/c1-17-7-6-8-18(2)21(17)24-22(28)25-13-11-23(12-14-25)26(20(27)16-29-23)15-19-9-4-3-5-10-19/h3-10H,11-16H2,1-2H3,(H,24,28). The second kappa shape index (κ2) is 8.11. The average Bonchev–Trinajstić information content (AvgIpc) is 3.02. The largest absolute Gasteiger partial charge is 0.324 e. The number of anilines is 1. The topological polar surface area (TPSA) is 52.7 Å². The molecular formula is C23H27N3O2S. The van der Waals surface area contributed by atoms with E-state index in [-0.39, 0.29) is 16.8 Å². The molecule has 29 heavy (non-hydrogen) atoms. The fourth-order valence-corrected chi connectivity index (χ4v) is 5.59. The van der Waals surface area contributed by atoms with Crippen molar-refractivity contribution >= 4 is 29.4 Å². The maximum absolute atomic E-state index is 12.8. The van der Waals surface area contributed by atoms with Gasteiger partial charge in [0.05, 0.1) is 10.6 Å². The van der Waals surface area contributed by atoms with Gasteiger partial charge in [0.1, 0.15) is 0 Å². The van der Waals surface area contributed by atoms with Crippen molar-refractivity contribution in [3.63, 3.8) is 0 Å². The summed E-state index contributed by atoms with van der Waals surface area (Å²) in [7, 11) is 0. The van der Waals surface area contributed by atoms with E-state index in [0.717, 1.165) is 35.2 Å². The number of hydrogen-bond donors (Lipinski definition) is 1. The zero-order valence-electron chi connectivity index (χ0n) is 17.0. The Kier molecular flexibility index (Phi) is 5.54. The predicted molar refractivity (Wildman–Crippen MR) is 118 cm³/mol. The maximum Gasteiger partial charge on any atom is 0.321 e. The lowest BCUT2D eigenvalue weighted by Crippen LogP contribution is -2.53. The van der Waals surface area contributed by atoms with Crippen LogP contribution >= 0.6 is 11.8 Å². The molecule has 3 amide bonds. The number of aryl methyl sites for hydroxylation is 2. The molecule has 2 aromatic carbocycles. The number of rotatable bonds is 3. The van der Waals surface area contributed by atoms with Crippen molar-refractivity contribution in [2.75, 3.05) is 24.2 Å². The zero-order chi connectivity index (χ0) is 20.4. The van der Waals surface area contributed by atoms with Crippen molar-refractivity contribution in [3.8, 4) is 0 Å². The minimum absolute atomic E-state index is 0.0545. The van der Waals surface area contributed by atoms with Gasteiger partial charge in [-0.15, -0.1) is 11.8 Å². The molecular weight excluding hydrogens is 382 g/mol. The number of likely N-dealkylation sites (tertiary alicyclic amines) is 1. The second-order valence-corrected chi connectivity index (χ2v) is 9.22. The van der Waals surface area contributed by atoms with E-state index in [9.17, 15) is 9.59 Å². The van der Waals surface area contributed by atoms with Crippen molar-refractivity contribution in [3.05, 3.63) is 65.2 Å². The summed E-state index contributed by atoms with van der Waals surface area (Å²) in [6.07, 6.45) is 1.60. The summed E-state index contributed by atoms with van der Waals surface area (Å²) in [4.78, 5) is 29.2. The Balaban J connectivity index is 1.42. The van der Waals surface area contributed by atoms with Gasteiger partial charge in [0, 0.05) is 25.3 Å². The van der Waals surface area contributed by atoms with Crippen molar-refractivity contribution in [2.24, 2.45) is 0 Å². The summed E-state index contributed by atoms with van der Waals surface area (Å²) in [5, 5.41) is 3.09. The third-order valence-electron chi connectivity index (χ3n) is 5.99. The monoisotopic (exact) mass is 409 g/mol. The van der Waals surface area contributed by atoms with Gasteiger partial charge in [-0.3, -0.25) is 4.79 Å². The molecule has 5 nitrogen and oxygen atoms in total. The molecule has 4 rings (SSSR count). The van der Waals surface area contributed by atoms with Crippen LogP contribution in [0.3, 0.4) is 0 Å². The molecule has 1 N–H and O–H groups in total. The minimum Gasteiger partial charge on any atom is -0.324 e. The molecule has 0 bridgehead atoms. The third-order valence-corrected chi connectivity index (χ3v) is 7.54.